The summed E-state index contributed by atoms with van der Waals surface area (Å²) in [5.74, 6) is 0.844. The highest BCUT2D eigenvalue weighted by atomic mass is 16.5. The van der Waals surface area contributed by atoms with E-state index in [1.807, 2.05) is 0 Å². The third-order valence-electron chi connectivity index (χ3n) is 3.86. The highest BCUT2D eigenvalue weighted by Crippen LogP contribution is 2.21. The Hall–Kier alpha value is -0.120. The topological polar surface area (TPSA) is 38.5 Å². The van der Waals surface area contributed by atoms with Crippen molar-refractivity contribution in [2.75, 3.05) is 39.9 Å². The number of hydrogen-bond acceptors (Lipinski definition) is 3. The maximum atomic E-state index is 5.75. The molecule has 0 bridgehead atoms. The lowest BCUT2D eigenvalue weighted by molar-refractivity contribution is 0.0553. The van der Waals surface area contributed by atoms with E-state index in [0.29, 0.717) is 5.41 Å². The number of rotatable bonds is 7. The molecule has 1 aliphatic rings. The van der Waals surface area contributed by atoms with Crippen molar-refractivity contribution in [2.24, 2.45) is 17.1 Å². The maximum Gasteiger partial charge on any atom is 0.0469 e. The molecule has 102 valence electrons. The van der Waals surface area contributed by atoms with Crippen LogP contribution in [0.5, 0.6) is 0 Å². The van der Waals surface area contributed by atoms with E-state index >= 15 is 0 Å². The van der Waals surface area contributed by atoms with Crippen LogP contribution in [-0.4, -0.2) is 44.8 Å². The summed E-state index contributed by atoms with van der Waals surface area (Å²) in [6.45, 7) is 9.64. The number of nitrogens with zero attached hydrogens (tertiary/aromatic N) is 1. The molecule has 0 aromatic rings. The van der Waals surface area contributed by atoms with Crippen molar-refractivity contribution in [1.29, 1.82) is 0 Å². The van der Waals surface area contributed by atoms with E-state index in [0.717, 1.165) is 25.7 Å². The first-order valence-corrected chi connectivity index (χ1v) is 7.00. The van der Waals surface area contributed by atoms with Crippen molar-refractivity contribution in [1.82, 2.24) is 4.90 Å². The summed E-state index contributed by atoms with van der Waals surface area (Å²) in [7, 11) is 2.24. The molecular formula is C14H30N2O. The van der Waals surface area contributed by atoms with Gasteiger partial charge in [0.25, 0.3) is 0 Å². The van der Waals surface area contributed by atoms with Gasteiger partial charge in [-0.1, -0.05) is 13.8 Å². The monoisotopic (exact) mass is 242 g/mol. The number of hydrogen-bond donors (Lipinski definition) is 1. The predicted molar refractivity (Wildman–Crippen MR) is 73.1 cm³/mol. The summed E-state index contributed by atoms with van der Waals surface area (Å²) in [5, 5.41) is 0. The van der Waals surface area contributed by atoms with Gasteiger partial charge in [-0.15, -0.1) is 0 Å². The van der Waals surface area contributed by atoms with Crippen LogP contribution in [0.3, 0.4) is 0 Å². The van der Waals surface area contributed by atoms with Crippen LogP contribution in [0.1, 0.15) is 39.5 Å². The molecule has 17 heavy (non-hydrogen) atoms. The average Bonchev–Trinajstić information content (AvgIpc) is 2.30. The molecule has 1 fully saturated rings. The minimum Gasteiger partial charge on any atom is -0.381 e. The third kappa shape index (κ3) is 6.39. The predicted octanol–water partition coefficient (Wildman–Crippen LogP) is 2.11. The SMILES string of the molecule is CN(CCCC(C)(C)CN)CC1CCOCC1. The van der Waals surface area contributed by atoms with E-state index in [4.69, 9.17) is 10.5 Å². The van der Waals surface area contributed by atoms with Crippen molar-refractivity contribution >= 4 is 0 Å². The van der Waals surface area contributed by atoms with Crippen LogP contribution in [0.4, 0.5) is 0 Å². The Morgan fingerprint density at radius 1 is 1.29 bits per heavy atom. The van der Waals surface area contributed by atoms with E-state index < -0.39 is 0 Å². The zero-order valence-corrected chi connectivity index (χ0v) is 11.9. The van der Waals surface area contributed by atoms with Crippen LogP contribution in [0.25, 0.3) is 0 Å². The van der Waals surface area contributed by atoms with E-state index in [1.54, 1.807) is 0 Å². The third-order valence-corrected chi connectivity index (χ3v) is 3.86. The summed E-state index contributed by atoms with van der Waals surface area (Å²) >= 11 is 0. The summed E-state index contributed by atoms with van der Waals surface area (Å²) < 4.78 is 5.39. The van der Waals surface area contributed by atoms with Crippen LogP contribution in [0.2, 0.25) is 0 Å². The van der Waals surface area contributed by atoms with Crippen LogP contribution >= 0.6 is 0 Å². The van der Waals surface area contributed by atoms with E-state index in [2.05, 4.69) is 25.8 Å². The minimum absolute atomic E-state index is 0.305. The van der Waals surface area contributed by atoms with Crippen molar-refractivity contribution in [3.8, 4) is 0 Å². The van der Waals surface area contributed by atoms with Crippen LogP contribution in [0, 0.1) is 11.3 Å². The first-order chi connectivity index (χ1) is 8.03. The number of ether oxygens (including phenoxy) is 1. The fourth-order valence-electron chi connectivity index (χ4n) is 2.39. The highest BCUT2D eigenvalue weighted by molar-refractivity contribution is 4.71. The summed E-state index contributed by atoms with van der Waals surface area (Å²) in [5.41, 5.74) is 6.05. The maximum absolute atomic E-state index is 5.75. The van der Waals surface area contributed by atoms with Gasteiger partial charge in [-0.3, -0.25) is 0 Å². The smallest absolute Gasteiger partial charge is 0.0469 e. The molecule has 1 saturated heterocycles. The highest BCUT2D eigenvalue weighted by Gasteiger charge is 2.17. The lowest BCUT2D eigenvalue weighted by Gasteiger charge is -2.28. The Bertz CT molecular complexity index is 200. The normalized spacial score (nSPS) is 18.9. The molecule has 1 aliphatic heterocycles. The largest absolute Gasteiger partial charge is 0.381 e. The molecule has 2 N–H and O–H groups in total. The van der Waals surface area contributed by atoms with Gasteiger partial charge >= 0.3 is 0 Å². The Kier molecular flexibility index (Phi) is 6.45. The fraction of sp³-hybridized carbons (Fsp3) is 1.00. The van der Waals surface area contributed by atoms with Gasteiger partial charge in [0.2, 0.25) is 0 Å². The van der Waals surface area contributed by atoms with Gasteiger partial charge in [0.1, 0.15) is 0 Å². The zero-order valence-electron chi connectivity index (χ0n) is 11.9. The fourth-order valence-corrected chi connectivity index (χ4v) is 2.39. The molecule has 0 atom stereocenters. The van der Waals surface area contributed by atoms with Crippen molar-refractivity contribution in [3.05, 3.63) is 0 Å². The molecular weight excluding hydrogens is 212 g/mol. The molecule has 1 heterocycles. The molecule has 0 aliphatic carbocycles. The van der Waals surface area contributed by atoms with Crippen LogP contribution < -0.4 is 5.73 Å². The molecule has 0 amide bonds. The standard InChI is InChI=1S/C14H30N2O/c1-14(2,12-15)7-4-8-16(3)11-13-5-9-17-10-6-13/h13H,4-12,15H2,1-3H3. The van der Waals surface area contributed by atoms with E-state index in [-0.39, 0.29) is 0 Å². The van der Waals surface area contributed by atoms with Gasteiger partial charge in [-0.05, 0) is 57.2 Å². The summed E-state index contributed by atoms with van der Waals surface area (Å²) in [4.78, 5) is 2.47. The summed E-state index contributed by atoms with van der Waals surface area (Å²) in [6.07, 6.45) is 4.95. The molecule has 0 spiro atoms. The van der Waals surface area contributed by atoms with Crippen LogP contribution in [0.15, 0.2) is 0 Å². The van der Waals surface area contributed by atoms with Gasteiger partial charge in [0.05, 0.1) is 0 Å². The molecule has 0 aromatic heterocycles. The first kappa shape index (κ1) is 14.9. The van der Waals surface area contributed by atoms with Crippen LogP contribution in [-0.2, 0) is 4.74 Å². The Morgan fingerprint density at radius 3 is 2.53 bits per heavy atom. The zero-order chi connectivity index (χ0) is 12.7. The second kappa shape index (κ2) is 7.34. The molecule has 0 unspecified atom stereocenters. The second-order valence-electron chi connectivity index (χ2n) is 6.29. The first-order valence-electron chi connectivity index (χ1n) is 7.00. The molecule has 3 heteroatoms. The quantitative estimate of drug-likeness (QED) is 0.743. The molecule has 3 nitrogen and oxygen atoms in total. The van der Waals surface area contributed by atoms with Gasteiger partial charge < -0.3 is 15.4 Å². The Labute approximate surface area is 107 Å². The van der Waals surface area contributed by atoms with Gasteiger partial charge in [-0.25, -0.2) is 0 Å². The lowest BCUT2D eigenvalue weighted by atomic mass is 9.88. The van der Waals surface area contributed by atoms with Crippen molar-refractivity contribution in [2.45, 2.75) is 39.5 Å². The van der Waals surface area contributed by atoms with Crippen molar-refractivity contribution in [3.63, 3.8) is 0 Å². The number of nitrogens with two attached hydrogens (primary N) is 1. The second-order valence-corrected chi connectivity index (χ2v) is 6.29. The Balaban J connectivity index is 2.10. The molecule has 0 aromatic carbocycles. The summed E-state index contributed by atoms with van der Waals surface area (Å²) in [6, 6.07) is 0. The van der Waals surface area contributed by atoms with Gasteiger partial charge in [-0.2, -0.15) is 0 Å². The molecule has 0 radical (unpaired) electrons. The average molecular weight is 242 g/mol. The molecule has 0 saturated carbocycles. The van der Waals surface area contributed by atoms with Gasteiger partial charge in [0.15, 0.2) is 0 Å². The minimum atomic E-state index is 0.305. The van der Waals surface area contributed by atoms with Gasteiger partial charge in [0, 0.05) is 19.8 Å². The lowest BCUT2D eigenvalue weighted by Crippen LogP contribution is -2.31. The van der Waals surface area contributed by atoms with E-state index in [9.17, 15) is 0 Å². The van der Waals surface area contributed by atoms with Crippen molar-refractivity contribution < 1.29 is 4.74 Å². The molecule has 1 rings (SSSR count). The Morgan fingerprint density at radius 2 is 1.94 bits per heavy atom. The van der Waals surface area contributed by atoms with E-state index in [1.165, 1.54) is 38.8 Å².